The lowest BCUT2D eigenvalue weighted by Gasteiger charge is -2.26. The highest BCUT2D eigenvalue weighted by Gasteiger charge is 2.57. The molecule has 10 heteroatoms. The zero-order valence-corrected chi connectivity index (χ0v) is 20.1. The number of halogens is 1. The highest BCUT2D eigenvalue weighted by Crippen LogP contribution is 2.49. The predicted octanol–water partition coefficient (Wildman–Crippen LogP) is 4.51. The van der Waals surface area contributed by atoms with Crippen molar-refractivity contribution in [1.82, 2.24) is 9.97 Å². The van der Waals surface area contributed by atoms with E-state index < -0.39 is 23.0 Å². The minimum absolute atomic E-state index is 0.302. The summed E-state index contributed by atoms with van der Waals surface area (Å²) in [6.45, 7) is 0. The monoisotopic (exact) mass is 502 g/mol. The first kappa shape index (κ1) is 24.0. The Morgan fingerprint density at radius 2 is 1.51 bits per heavy atom. The molecule has 1 aromatic heterocycles. The van der Waals surface area contributed by atoms with E-state index in [1.165, 1.54) is 49.7 Å². The van der Waals surface area contributed by atoms with Gasteiger partial charge in [0.05, 0.1) is 25.1 Å². The predicted molar refractivity (Wildman–Crippen MR) is 134 cm³/mol. The Morgan fingerprint density at radius 3 is 2.08 bits per heavy atom. The molecule has 1 fully saturated rings. The third kappa shape index (κ3) is 4.37. The van der Waals surface area contributed by atoms with Crippen LogP contribution in [0.2, 0.25) is 0 Å². The van der Waals surface area contributed by atoms with Crippen LogP contribution in [0.4, 0.5) is 15.8 Å². The van der Waals surface area contributed by atoms with Crippen molar-refractivity contribution in [3.05, 3.63) is 72.8 Å². The number of amides is 2. The van der Waals surface area contributed by atoms with Gasteiger partial charge in [-0.3, -0.25) is 14.5 Å². The van der Waals surface area contributed by atoms with E-state index >= 15 is 0 Å². The third-order valence-corrected chi connectivity index (χ3v) is 6.33. The molecule has 188 valence electrons. The van der Waals surface area contributed by atoms with E-state index in [2.05, 4.69) is 9.97 Å². The van der Waals surface area contributed by atoms with Crippen LogP contribution in [0.3, 0.4) is 0 Å². The Bertz CT molecular complexity index is 1490. The molecule has 37 heavy (non-hydrogen) atoms. The fourth-order valence-corrected chi connectivity index (χ4v) is 4.09. The van der Waals surface area contributed by atoms with E-state index in [0.717, 1.165) is 0 Å². The minimum atomic E-state index is -1.26. The molecule has 1 aliphatic carbocycles. The largest absolute Gasteiger partial charge is 0.493 e. The standard InChI is InChI=1S/C27H23FN4O5/c1-35-22-13-20-21(14-23(22)36-2)30-15-31-24(20)37-19-9-7-18(8-10-19)32(17-5-3-16(28)4-6-17)26(34)27(11-12-27)25(29)33/h3-10,13-15H,11-12H2,1-2H3,(H2,29,33). The highest BCUT2D eigenvalue weighted by atomic mass is 19.1. The van der Waals surface area contributed by atoms with Crippen LogP contribution < -0.4 is 24.8 Å². The summed E-state index contributed by atoms with van der Waals surface area (Å²) < 4.78 is 30.3. The summed E-state index contributed by atoms with van der Waals surface area (Å²) in [5, 5.41) is 0.615. The Morgan fingerprint density at radius 1 is 0.919 bits per heavy atom. The Kier molecular flexibility index (Phi) is 6.08. The molecule has 0 unspecified atom stereocenters. The van der Waals surface area contributed by atoms with Gasteiger partial charge in [0.25, 0.3) is 0 Å². The Labute approximate surface area is 211 Å². The van der Waals surface area contributed by atoms with Crippen molar-refractivity contribution in [2.75, 3.05) is 19.1 Å². The first-order chi connectivity index (χ1) is 17.9. The number of rotatable bonds is 8. The number of ether oxygens (including phenoxy) is 3. The Balaban J connectivity index is 1.48. The second kappa shape index (κ2) is 9.38. The van der Waals surface area contributed by atoms with E-state index in [0.29, 0.717) is 58.2 Å². The molecule has 1 saturated carbocycles. The average molecular weight is 503 g/mol. The van der Waals surface area contributed by atoms with Crippen LogP contribution in [0.1, 0.15) is 12.8 Å². The van der Waals surface area contributed by atoms with Crippen molar-refractivity contribution in [2.24, 2.45) is 11.1 Å². The molecule has 0 atom stereocenters. The number of benzene rings is 3. The van der Waals surface area contributed by atoms with Gasteiger partial charge in [-0.05, 0) is 67.4 Å². The smallest absolute Gasteiger partial charge is 0.247 e. The maximum atomic E-state index is 13.6. The number of methoxy groups -OCH3 is 2. The van der Waals surface area contributed by atoms with E-state index in [-0.39, 0.29) is 0 Å². The number of nitrogens with two attached hydrogens (primary N) is 1. The second-order valence-corrected chi connectivity index (χ2v) is 8.56. The molecule has 2 N–H and O–H groups in total. The van der Waals surface area contributed by atoms with Crippen LogP contribution in [0.15, 0.2) is 67.0 Å². The third-order valence-electron chi connectivity index (χ3n) is 6.33. The first-order valence-corrected chi connectivity index (χ1v) is 11.4. The van der Waals surface area contributed by atoms with Crippen LogP contribution in [0, 0.1) is 11.2 Å². The van der Waals surface area contributed by atoms with Gasteiger partial charge in [-0.1, -0.05) is 0 Å². The fourth-order valence-electron chi connectivity index (χ4n) is 4.09. The molecular weight excluding hydrogens is 479 g/mol. The summed E-state index contributed by atoms with van der Waals surface area (Å²) in [4.78, 5) is 35.4. The van der Waals surface area contributed by atoms with Gasteiger partial charge in [-0.2, -0.15) is 0 Å². The summed E-state index contributed by atoms with van der Waals surface area (Å²) in [7, 11) is 3.07. The summed E-state index contributed by atoms with van der Waals surface area (Å²) in [5.41, 5.74) is 5.78. The van der Waals surface area contributed by atoms with Gasteiger partial charge in [0.1, 0.15) is 23.3 Å². The lowest BCUT2D eigenvalue weighted by molar-refractivity contribution is -0.133. The van der Waals surface area contributed by atoms with Crippen LogP contribution in [-0.4, -0.2) is 36.0 Å². The molecular formula is C27H23FN4O5. The lowest BCUT2D eigenvalue weighted by atomic mass is 10.0. The molecule has 3 aromatic carbocycles. The topological polar surface area (TPSA) is 117 Å². The molecule has 9 nitrogen and oxygen atoms in total. The van der Waals surface area contributed by atoms with Gasteiger partial charge in [0.15, 0.2) is 11.5 Å². The molecule has 0 spiro atoms. The molecule has 0 bridgehead atoms. The van der Waals surface area contributed by atoms with Crippen LogP contribution in [-0.2, 0) is 9.59 Å². The fraction of sp³-hybridized carbons (Fsp3) is 0.185. The quantitative estimate of drug-likeness (QED) is 0.352. The summed E-state index contributed by atoms with van der Waals surface area (Å²) in [5.74, 6) is 0.204. The Hall–Kier alpha value is -4.73. The van der Waals surface area contributed by atoms with Gasteiger partial charge in [-0.25, -0.2) is 14.4 Å². The number of fused-ring (bicyclic) bond motifs is 1. The van der Waals surface area contributed by atoms with Gasteiger partial charge in [-0.15, -0.1) is 0 Å². The number of carbonyl (C=O) groups is 2. The van der Waals surface area contributed by atoms with Crippen molar-refractivity contribution in [3.63, 3.8) is 0 Å². The maximum Gasteiger partial charge on any atom is 0.247 e. The first-order valence-electron chi connectivity index (χ1n) is 11.4. The normalized spacial score (nSPS) is 13.6. The summed E-state index contributed by atoms with van der Waals surface area (Å²) in [6.07, 6.45) is 2.12. The minimum Gasteiger partial charge on any atom is -0.493 e. The highest BCUT2D eigenvalue weighted by molar-refractivity contribution is 6.16. The number of nitrogens with zero attached hydrogens (tertiary/aromatic N) is 3. The van der Waals surface area contributed by atoms with Gasteiger partial charge >= 0.3 is 0 Å². The number of hydrogen-bond donors (Lipinski definition) is 1. The molecule has 4 aromatic rings. The van der Waals surface area contributed by atoms with E-state index in [4.69, 9.17) is 19.9 Å². The number of anilines is 2. The summed E-state index contributed by atoms with van der Waals surface area (Å²) >= 11 is 0. The van der Waals surface area contributed by atoms with Crippen molar-refractivity contribution in [2.45, 2.75) is 12.8 Å². The molecule has 0 aliphatic heterocycles. The van der Waals surface area contributed by atoms with Gasteiger partial charge in [0, 0.05) is 17.4 Å². The number of aromatic nitrogens is 2. The zero-order chi connectivity index (χ0) is 26.2. The van der Waals surface area contributed by atoms with E-state index in [1.54, 1.807) is 36.4 Å². The maximum absolute atomic E-state index is 13.6. The molecule has 5 rings (SSSR count). The van der Waals surface area contributed by atoms with Crippen molar-refractivity contribution < 1.29 is 28.2 Å². The van der Waals surface area contributed by atoms with Crippen molar-refractivity contribution >= 4 is 34.1 Å². The molecule has 1 heterocycles. The SMILES string of the molecule is COc1cc2ncnc(Oc3ccc(N(C(=O)C4(C(N)=O)CC4)c4ccc(F)cc4)cc3)c2cc1OC. The van der Waals surface area contributed by atoms with E-state index in [1.807, 2.05) is 0 Å². The number of carbonyl (C=O) groups excluding carboxylic acids is 2. The second-order valence-electron chi connectivity index (χ2n) is 8.56. The zero-order valence-electron chi connectivity index (χ0n) is 20.1. The van der Waals surface area contributed by atoms with Gasteiger partial charge in [0.2, 0.25) is 17.7 Å². The van der Waals surface area contributed by atoms with Gasteiger partial charge < -0.3 is 19.9 Å². The van der Waals surface area contributed by atoms with Crippen LogP contribution in [0.5, 0.6) is 23.1 Å². The summed E-state index contributed by atoms with van der Waals surface area (Å²) in [6, 6.07) is 15.6. The molecule has 0 saturated heterocycles. The number of primary amides is 1. The average Bonchev–Trinajstić information content (AvgIpc) is 3.73. The van der Waals surface area contributed by atoms with E-state index in [9.17, 15) is 14.0 Å². The lowest BCUT2D eigenvalue weighted by Crippen LogP contribution is -2.41. The molecule has 1 aliphatic rings. The van der Waals surface area contributed by atoms with Crippen LogP contribution in [0.25, 0.3) is 10.9 Å². The molecule has 0 radical (unpaired) electrons. The van der Waals surface area contributed by atoms with Crippen molar-refractivity contribution in [3.8, 4) is 23.1 Å². The molecule has 2 amide bonds. The van der Waals surface area contributed by atoms with Crippen LogP contribution >= 0.6 is 0 Å². The van der Waals surface area contributed by atoms with Crippen molar-refractivity contribution in [1.29, 1.82) is 0 Å². The number of hydrogen-bond acceptors (Lipinski definition) is 7.